The minimum Gasteiger partial charge on any atom is -0.465 e. The molecule has 1 atom stereocenters. The lowest BCUT2D eigenvalue weighted by Gasteiger charge is -2.17. The molecule has 0 aliphatic rings. The molecule has 0 bridgehead atoms. The molecule has 0 spiro atoms. The highest BCUT2D eigenvalue weighted by Gasteiger charge is 2.22. The predicted octanol–water partition coefficient (Wildman–Crippen LogP) is 5.01. The number of halogens is 2. The van der Waals surface area contributed by atoms with E-state index in [1.165, 1.54) is 23.9 Å². The van der Waals surface area contributed by atoms with Gasteiger partial charge in [0.1, 0.15) is 11.1 Å². The summed E-state index contributed by atoms with van der Waals surface area (Å²) in [4.78, 5) is 24.3. The third kappa shape index (κ3) is 6.43. The maximum absolute atomic E-state index is 14.0. The summed E-state index contributed by atoms with van der Waals surface area (Å²) in [6, 6.07) is 2.83. The van der Waals surface area contributed by atoms with Gasteiger partial charge in [-0.1, -0.05) is 27.7 Å². The van der Waals surface area contributed by atoms with Gasteiger partial charge in [-0.05, 0) is 40.4 Å². The Kier molecular flexibility index (Phi) is 8.76. The molecule has 4 nitrogen and oxygen atoms in total. The van der Waals surface area contributed by atoms with Crippen LogP contribution in [0.1, 0.15) is 40.5 Å². The van der Waals surface area contributed by atoms with Crippen molar-refractivity contribution in [2.24, 2.45) is 5.92 Å². The molecule has 24 heavy (non-hydrogen) atoms. The third-order valence-electron chi connectivity index (χ3n) is 3.08. The van der Waals surface area contributed by atoms with Crippen LogP contribution in [0, 0.1) is 11.7 Å². The van der Waals surface area contributed by atoms with Crippen LogP contribution in [0.3, 0.4) is 0 Å². The second-order valence-corrected chi connectivity index (χ2v) is 7.80. The highest BCUT2D eigenvalue weighted by molar-refractivity contribution is 9.10. The summed E-state index contributed by atoms with van der Waals surface area (Å²) in [6.45, 7) is 7.91. The molecular weight excluding hydrogens is 397 g/mol. The number of anilines is 1. The van der Waals surface area contributed by atoms with Gasteiger partial charge in [-0.2, -0.15) is 0 Å². The van der Waals surface area contributed by atoms with Gasteiger partial charge in [0.15, 0.2) is 0 Å². The number of thioether (sulfide) groups is 1. The fourth-order valence-corrected chi connectivity index (χ4v) is 3.34. The Hall–Kier alpha value is -1.08. The van der Waals surface area contributed by atoms with Crippen molar-refractivity contribution >= 4 is 45.3 Å². The Morgan fingerprint density at radius 2 is 2.00 bits per heavy atom. The van der Waals surface area contributed by atoms with Gasteiger partial charge in [-0.3, -0.25) is 9.59 Å². The fraction of sp³-hybridized carbons (Fsp3) is 0.529. The number of hydrogen-bond acceptors (Lipinski definition) is 4. The molecule has 0 heterocycles. The number of benzene rings is 1. The zero-order chi connectivity index (χ0) is 18.3. The molecule has 1 amide bonds. The van der Waals surface area contributed by atoms with Crippen LogP contribution in [0.2, 0.25) is 0 Å². The average Bonchev–Trinajstić information content (AvgIpc) is 2.53. The van der Waals surface area contributed by atoms with Gasteiger partial charge in [0, 0.05) is 15.8 Å². The lowest BCUT2D eigenvalue weighted by atomic mass is 10.2. The molecule has 0 radical (unpaired) electrons. The van der Waals surface area contributed by atoms with Gasteiger partial charge in [-0.25, -0.2) is 4.39 Å². The first kappa shape index (κ1) is 21.0. The minimum absolute atomic E-state index is 0.109. The summed E-state index contributed by atoms with van der Waals surface area (Å²) >= 11 is 4.60. The largest absolute Gasteiger partial charge is 0.465 e. The number of hydrogen-bond donors (Lipinski definition) is 1. The van der Waals surface area contributed by atoms with E-state index in [4.69, 9.17) is 4.74 Å². The number of esters is 1. The van der Waals surface area contributed by atoms with Crippen molar-refractivity contribution in [2.75, 3.05) is 11.9 Å². The van der Waals surface area contributed by atoms with E-state index in [0.29, 0.717) is 22.4 Å². The van der Waals surface area contributed by atoms with Crippen LogP contribution in [0.15, 0.2) is 21.5 Å². The standard InChI is InChI=1S/C17H23BrFNO3S/c1-5-14(17(22)23-9-10(3)4)24-15-8-13(20-16(21)6-2)12(19)7-11(15)18/h7-8,10,14H,5-6,9H2,1-4H3,(H,20,21). The number of ether oxygens (including phenoxy) is 1. The van der Waals surface area contributed by atoms with Crippen molar-refractivity contribution in [3.05, 3.63) is 22.4 Å². The molecule has 1 N–H and O–H groups in total. The van der Waals surface area contributed by atoms with E-state index in [9.17, 15) is 14.0 Å². The monoisotopic (exact) mass is 419 g/mol. The second kappa shape index (κ2) is 10.0. The average molecular weight is 420 g/mol. The van der Waals surface area contributed by atoms with Crippen LogP contribution in [0.4, 0.5) is 10.1 Å². The Morgan fingerprint density at radius 3 is 2.54 bits per heavy atom. The minimum atomic E-state index is -0.525. The third-order valence-corrected chi connectivity index (χ3v) is 5.40. The van der Waals surface area contributed by atoms with Crippen molar-refractivity contribution < 1.29 is 18.7 Å². The maximum Gasteiger partial charge on any atom is 0.319 e. The van der Waals surface area contributed by atoms with Crippen molar-refractivity contribution in [3.8, 4) is 0 Å². The predicted molar refractivity (Wildman–Crippen MR) is 98.8 cm³/mol. The van der Waals surface area contributed by atoms with Crippen LogP contribution in [0.5, 0.6) is 0 Å². The maximum atomic E-state index is 14.0. The molecule has 0 aliphatic heterocycles. The summed E-state index contributed by atoms with van der Waals surface area (Å²) in [5.74, 6) is -0.810. The van der Waals surface area contributed by atoms with E-state index < -0.39 is 5.82 Å². The van der Waals surface area contributed by atoms with E-state index in [-0.39, 0.29) is 35.2 Å². The molecule has 1 unspecified atom stereocenters. The molecule has 134 valence electrons. The zero-order valence-corrected chi connectivity index (χ0v) is 16.7. The van der Waals surface area contributed by atoms with Crippen LogP contribution in [-0.2, 0) is 14.3 Å². The Morgan fingerprint density at radius 1 is 1.33 bits per heavy atom. The van der Waals surface area contributed by atoms with Crippen molar-refractivity contribution in [1.29, 1.82) is 0 Å². The fourth-order valence-electron chi connectivity index (χ4n) is 1.75. The van der Waals surface area contributed by atoms with Gasteiger partial charge >= 0.3 is 5.97 Å². The van der Waals surface area contributed by atoms with Crippen molar-refractivity contribution in [1.82, 2.24) is 0 Å². The first-order valence-electron chi connectivity index (χ1n) is 7.90. The SMILES string of the molecule is CCC(=O)Nc1cc(SC(CC)C(=O)OCC(C)C)c(Br)cc1F. The number of amides is 1. The molecule has 0 aromatic heterocycles. The summed E-state index contributed by atoms with van der Waals surface area (Å²) in [5, 5.41) is 2.14. The highest BCUT2D eigenvalue weighted by atomic mass is 79.9. The molecule has 1 rings (SSSR count). The molecule has 0 fully saturated rings. The van der Waals surface area contributed by atoms with Crippen molar-refractivity contribution in [2.45, 2.75) is 50.7 Å². The Labute approximate surface area is 155 Å². The lowest BCUT2D eigenvalue weighted by molar-refractivity contribution is -0.144. The summed E-state index contributed by atoms with van der Waals surface area (Å²) in [5.41, 5.74) is 0.109. The topological polar surface area (TPSA) is 55.4 Å². The summed E-state index contributed by atoms with van der Waals surface area (Å²) < 4.78 is 19.8. The van der Waals surface area contributed by atoms with E-state index in [0.717, 1.165) is 0 Å². The number of carbonyl (C=O) groups is 2. The molecule has 0 saturated carbocycles. The van der Waals surface area contributed by atoms with Crippen LogP contribution < -0.4 is 5.32 Å². The quantitative estimate of drug-likeness (QED) is 0.475. The molecule has 7 heteroatoms. The smallest absolute Gasteiger partial charge is 0.319 e. The first-order valence-corrected chi connectivity index (χ1v) is 9.57. The zero-order valence-electron chi connectivity index (χ0n) is 14.3. The molecule has 1 aromatic carbocycles. The highest BCUT2D eigenvalue weighted by Crippen LogP contribution is 2.36. The van der Waals surface area contributed by atoms with Crippen LogP contribution >= 0.6 is 27.7 Å². The van der Waals surface area contributed by atoms with Crippen LogP contribution in [0.25, 0.3) is 0 Å². The van der Waals surface area contributed by atoms with Gasteiger partial charge in [0.05, 0.1) is 12.3 Å². The number of rotatable bonds is 8. The first-order chi connectivity index (χ1) is 11.3. The normalized spacial score (nSPS) is 12.1. The van der Waals surface area contributed by atoms with Crippen molar-refractivity contribution in [3.63, 3.8) is 0 Å². The van der Waals surface area contributed by atoms with E-state index in [1.807, 2.05) is 20.8 Å². The summed E-state index contributed by atoms with van der Waals surface area (Å²) in [6.07, 6.45) is 0.846. The number of carbonyl (C=O) groups excluding carboxylic acids is 2. The Bertz CT molecular complexity index is 595. The molecular formula is C17H23BrFNO3S. The van der Waals surface area contributed by atoms with E-state index >= 15 is 0 Å². The molecule has 1 aromatic rings. The van der Waals surface area contributed by atoms with Gasteiger partial charge in [0.25, 0.3) is 0 Å². The van der Waals surface area contributed by atoms with Gasteiger partial charge in [-0.15, -0.1) is 11.8 Å². The summed E-state index contributed by atoms with van der Waals surface area (Å²) in [7, 11) is 0. The van der Waals surface area contributed by atoms with Gasteiger partial charge in [0.2, 0.25) is 5.91 Å². The van der Waals surface area contributed by atoms with Gasteiger partial charge < -0.3 is 10.1 Å². The number of nitrogens with one attached hydrogen (secondary N) is 1. The lowest BCUT2D eigenvalue weighted by Crippen LogP contribution is -2.21. The molecule has 0 saturated heterocycles. The second-order valence-electron chi connectivity index (χ2n) is 5.70. The van der Waals surface area contributed by atoms with Crippen LogP contribution in [-0.4, -0.2) is 23.7 Å². The van der Waals surface area contributed by atoms with E-state index in [2.05, 4.69) is 21.2 Å². The molecule has 0 aliphatic carbocycles. The van der Waals surface area contributed by atoms with E-state index in [1.54, 1.807) is 6.92 Å². The Balaban J connectivity index is 2.93.